The van der Waals surface area contributed by atoms with Crippen LogP contribution in [0.5, 0.6) is 5.75 Å². The molecule has 0 saturated carbocycles. The molecule has 21 heavy (non-hydrogen) atoms. The van der Waals surface area contributed by atoms with Gasteiger partial charge in [-0.05, 0) is 42.3 Å². The van der Waals surface area contributed by atoms with Gasteiger partial charge in [-0.1, -0.05) is 55.1 Å². The molecule has 0 bridgehead atoms. The van der Waals surface area contributed by atoms with E-state index in [1.54, 1.807) is 12.1 Å². The second-order valence-corrected chi connectivity index (χ2v) is 7.06. The van der Waals surface area contributed by atoms with Gasteiger partial charge in [-0.25, -0.2) is 0 Å². The lowest BCUT2D eigenvalue weighted by Gasteiger charge is -2.17. The minimum absolute atomic E-state index is 0.375. The van der Waals surface area contributed by atoms with Crippen molar-refractivity contribution in [2.75, 3.05) is 6.61 Å². The molecule has 0 aromatic heterocycles. The molecule has 0 spiro atoms. The van der Waals surface area contributed by atoms with Gasteiger partial charge in [0.1, 0.15) is 5.75 Å². The second-order valence-electron chi connectivity index (χ2n) is 4.42. The van der Waals surface area contributed by atoms with Gasteiger partial charge in [0.15, 0.2) is 0 Å². The summed E-state index contributed by atoms with van der Waals surface area (Å²) in [6.07, 6.45) is 0. The summed E-state index contributed by atoms with van der Waals surface area (Å²) in [4.78, 5) is 0. The van der Waals surface area contributed by atoms with Crippen LogP contribution in [0.3, 0.4) is 0 Å². The van der Waals surface area contributed by atoms with Crippen LogP contribution in [-0.4, -0.2) is 6.61 Å². The summed E-state index contributed by atoms with van der Waals surface area (Å²) in [5, 5.41) is 1.03. The van der Waals surface area contributed by atoms with E-state index in [0.29, 0.717) is 22.4 Å². The van der Waals surface area contributed by atoms with Crippen LogP contribution in [0.2, 0.25) is 10.0 Å². The third-order valence-corrected chi connectivity index (χ3v) is 4.47. The summed E-state index contributed by atoms with van der Waals surface area (Å²) in [6, 6.07) is 8.94. The molecule has 0 saturated heterocycles. The molecule has 2 rings (SSSR count). The summed E-state index contributed by atoms with van der Waals surface area (Å²) in [5.41, 5.74) is 8.01. The van der Waals surface area contributed by atoms with E-state index in [-0.39, 0.29) is 6.04 Å². The Morgan fingerprint density at radius 2 is 1.67 bits per heavy atom. The number of hydrogen-bond acceptors (Lipinski definition) is 2. The third-order valence-electron chi connectivity index (χ3n) is 2.93. The Bertz CT molecular complexity index is 644. The van der Waals surface area contributed by atoms with E-state index in [0.717, 1.165) is 20.1 Å². The fraction of sp³-hybridized carbons (Fsp3) is 0.200. The number of benzene rings is 2. The van der Waals surface area contributed by atoms with E-state index in [2.05, 4.69) is 31.9 Å². The Morgan fingerprint density at radius 3 is 2.24 bits per heavy atom. The molecular weight excluding hydrogens is 441 g/mol. The van der Waals surface area contributed by atoms with Gasteiger partial charge in [0, 0.05) is 20.0 Å². The van der Waals surface area contributed by atoms with Crippen molar-refractivity contribution < 1.29 is 4.74 Å². The molecular formula is C15H13Br2Cl2NO. The lowest BCUT2D eigenvalue weighted by molar-refractivity contribution is 0.340. The maximum absolute atomic E-state index is 6.32. The van der Waals surface area contributed by atoms with Crippen LogP contribution in [0.1, 0.15) is 24.1 Å². The minimum atomic E-state index is -0.375. The molecule has 2 aromatic carbocycles. The van der Waals surface area contributed by atoms with Crippen LogP contribution >= 0.6 is 55.1 Å². The molecule has 1 atom stereocenters. The summed E-state index contributed by atoms with van der Waals surface area (Å²) in [5.74, 6) is 0.565. The van der Waals surface area contributed by atoms with Crippen molar-refractivity contribution in [3.8, 4) is 5.75 Å². The first-order chi connectivity index (χ1) is 9.92. The first-order valence-electron chi connectivity index (χ1n) is 6.25. The number of hydrogen-bond donors (Lipinski definition) is 1. The number of rotatable bonds is 4. The Kier molecular flexibility index (Phi) is 5.97. The van der Waals surface area contributed by atoms with Crippen molar-refractivity contribution in [3.63, 3.8) is 0 Å². The Hall–Kier alpha value is -0.260. The van der Waals surface area contributed by atoms with Crippen molar-refractivity contribution in [2.24, 2.45) is 5.73 Å². The van der Waals surface area contributed by atoms with E-state index in [1.807, 2.05) is 25.1 Å². The number of halogens is 4. The normalized spacial score (nSPS) is 12.3. The quantitative estimate of drug-likeness (QED) is 0.619. The summed E-state index contributed by atoms with van der Waals surface area (Å²) in [7, 11) is 0. The van der Waals surface area contributed by atoms with E-state index < -0.39 is 0 Å². The SMILES string of the molecule is CCOc1cc(Cl)c(C(N)c2cc(Br)cc(Br)c2)cc1Cl. The van der Waals surface area contributed by atoms with Crippen molar-refractivity contribution in [3.05, 3.63) is 60.4 Å². The Labute approximate surface area is 150 Å². The zero-order valence-electron chi connectivity index (χ0n) is 11.2. The summed E-state index contributed by atoms with van der Waals surface area (Å²) < 4.78 is 7.30. The topological polar surface area (TPSA) is 35.2 Å². The molecule has 0 fully saturated rings. The molecule has 2 aromatic rings. The van der Waals surface area contributed by atoms with Crippen LogP contribution in [0.15, 0.2) is 39.3 Å². The van der Waals surface area contributed by atoms with Gasteiger partial charge in [-0.15, -0.1) is 0 Å². The van der Waals surface area contributed by atoms with Crippen LogP contribution in [0, 0.1) is 0 Å². The van der Waals surface area contributed by atoms with Gasteiger partial charge in [-0.2, -0.15) is 0 Å². The first kappa shape index (κ1) is 17.1. The lowest BCUT2D eigenvalue weighted by atomic mass is 9.99. The average Bonchev–Trinajstić information content (AvgIpc) is 2.41. The molecule has 1 unspecified atom stereocenters. The minimum Gasteiger partial charge on any atom is -0.492 e. The average molecular weight is 454 g/mol. The number of ether oxygens (including phenoxy) is 1. The fourth-order valence-electron chi connectivity index (χ4n) is 1.98. The maximum Gasteiger partial charge on any atom is 0.139 e. The second kappa shape index (κ2) is 7.34. The monoisotopic (exact) mass is 451 g/mol. The molecule has 2 nitrogen and oxygen atoms in total. The summed E-state index contributed by atoms with van der Waals surface area (Å²) >= 11 is 19.4. The van der Waals surface area contributed by atoms with Gasteiger partial charge < -0.3 is 10.5 Å². The summed E-state index contributed by atoms with van der Waals surface area (Å²) in [6.45, 7) is 2.42. The molecule has 0 aliphatic rings. The van der Waals surface area contributed by atoms with E-state index in [1.165, 1.54) is 0 Å². The zero-order chi connectivity index (χ0) is 15.6. The lowest BCUT2D eigenvalue weighted by Crippen LogP contribution is -2.13. The van der Waals surface area contributed by atoms with Crippen LogP contribution in [0.25, 0.3) is 0 Å². The van der Waals surface area contributed by atoms with Crippen LogP contribution in [0.4, 0.5) is 0 Å². The predicted molar refractivity (Wildman–Crippen MR) is 95.5 cm³/mol. The largest absolute Gasteiger partial charge is 0.492 e. The van der Waals surface area contributed by atoms with Crippen LogP contribution < -0.4 is 10.5 Å². The van der Waals surface area contributed by atoms with E-state index in [4.69, 9.17) is 33.7 Å². The van der Waals surface area contributed by atoms with E-state index >= 15 is 0 Å². The molecule has 0 aliphatic carbocycles. The molecule has 0 amide bonds. The van der Waals surface area contributed by atoms with Gasteiger partial charge in [0.05, 0.1) is 17.7 Å². The molecule has 2 N–H and O–H groups in total. The fourth-order valence-corrected chi connectivity index (χ4v) is 3.81. The highest BCUT2D eigenvalue weighted by atomic mass is 79.9. The smallest absolute Gasteiger partial charge is 0.139 e. The van der Waals surface area contributed by atoms with Crippen molar-refractivity contribution in [1.29, 1.82) is 0 Å². The van der Waals surface area contributed by atoms with Gasteiger partial charge in [0.2, 0.25) is 0 Å². The predicted octanol–water partition coefficient (Wildman–Crippen LogP) is 5.97. The van der Waals surface area contributed by atoms with Gasteiger partial charge >= 0.3 is 0 Å². The number of nitrogens with two attached hydrogens (primary N) is 1. The molecule has 112 valence electrons. The Balaban J connectivity index is 2.43. The highest BCUT2D eigenvalue weighted by molar-refractivity contribution is 9.11. The molecule has 0 heterocycles. The highest BCUT2D eigenvalue weighted by Gasteiger charge is 2.17. The Morgan fingerprint density at radius 1 is 1.05 bits per heavy atom. The van der Waals surface area contributed by atoms with Crippen molar-refractivity contribution >= 4 is 55.1 Å². The standard InChI is InChI=1S/C15H13Br2Cl2NO/c1-2-21-14-7-12(18)11(6-13(14)19)15(20)8-3-9(16)5-10(17)4-8/h3-7,15H,2,20H2,1H3. The van der Waals surface area contributed by atoms with Gasteiger partial charge in [-0.3, -0.25) is 0 Å². The molecule has 0 aliphatic heterocycles. The molecule has 0 radical (unpaired) electrons. The maximum atomic E-state index is 6.32. The first-order valence-corrected chi connectivity index (χ1v) is 8.60. The third kappa shape index (κ3) is 4.14. The van der Waals surface area contributed by atoms with Crippen molar-refractivity contribution in [2.45, 2.75) is 13.0 Å². The van der Waals surface area contributed by atoms with Crippen molar-refractivity contribution in [1.82, 2.24) is 0 Å². The van der Waals surface area contributed by atoms with Crippen LogP contribution in [-0.2, 0) is 0 Å². The van der Waals surface area contributed by atoms with Gasteiger partial charge in [0.25, 0.3) is 0 Å². The highest BCUT2D eigenvalue weighted by Crippen LogP contribution is 2.36. The zero-order valence-corrected chi connectivity index (χ0v) is 15.9. The van der Waals surface area contributed by atoms with E-state index in [9.17, 15) is 0 Å². The molecule has 6 heteroatoms.